The van der Waals surface area contributed by atoms with Crippen molar-refractivity contribution in [2.45, 2.75) is 26.4 Å². The number of piperidine rings is 1. The molecule has 1 saturated heterocycles. The SMILES string of the molecule is CCOC(=O)C1CCCN(Cn2nnc3ccccc3c2=S)C1. The molecular formula is C16H20N4O2S. The maximum atomic E-state index is 11.9. The highest BCUT2D eigenvalue weighted by atomic mass is 32.1. The molecule has 6 nitrogen and oxygen atoms in total. The molecule has 0 amide bonds. The third-order valence-corrected chi connectivity index (χ3v) is 4.52. The average molecular weight is 332 g/mol. The fraction of sp³-hybridized carbons (Fsp3) is 0.500. The molecule has 0 aliphatic carbocycles. The van der Waals surface area contributed by atoms with Gasteiger partial charge in [0.1, 0.15) is 4.64 Å². The van der Waals surface area contributed by atoms with Crippen molar-refractivity contribution in [3.8, 4) is 0 Å². The molecule has 7 heteroatoms. The van der Waals surface area contributed by atoms with E-state index in [1.54, 1.807) is 4.68 Å². The van der Waals surface area contributed by atoms with Gasteiger partial charge in [-0.1, -0.05) is 29.6 Å². The third kappa shape index (κ3) is 3.56. The summed E-state index contributed by atoms with van der Waals surface area (Å²) < 4.78 is 7.54. The predicted molar refractivity (Wildman–Crippen MR) is 89.3 cm³/mol. The molecule has 1 atom stereocenters. The number of nitrogens with zero attached hydrogens (tertiary/aromatic N) is 4. The minimum Gasteiger partial charge on any atom is -0.466 e. The maximum Gasteiger partial charge on any atom is 0.310 e. The minimum atomic E-state index is -0.106. The number of carbonyl (C=O) groups excluding carboxylic acids is 1. The summed E-state index contributed by atoms with van der Waals surface area (Å²) >= 11 is 5.53. The topological polar surface area (TPSA) is 60.2 Å². The Morgan fingerprint density at radius 1 is 1.43 bits per heavy atom. The summed E-state index contributed by atoms with van der Waals surface area (Å²) in [6.45, 7) is 4.41. The van der Waals surface area contributed by atoms with Crippen LogP contribution in [0.1, 0.15) is 19.8 Å². The van der Waals surface area contributed by atoms with Gasteiger partial charge in [0, 0.05) is 11.9 Å². The van der Waals surface area contributed by atoms with Crippen LogP contribution >= 0.6 is 12.2 Å². The molecule has 1 fully saturated rings. The summed E-state index contributed by atoms with van der Waals surface area (Å²) in [5, 5.41) is 9.36. The molecule has 1 aliphatic rings. The number of rotatable bonds is 4. The van der Waals surface area contributed by atoms with E-state index in [0.29, 0.717) is 24.5 Å². The van der Waals surface area contributed by atoms with Crippen molar-refractivity contribution in [1.82, 2.24) is 19.9 Å². The first-order valence-corrected chi connectivity index (χ1v) is 8.31. The van der Waals surface area contributed by atoms with Crippen LogP contribution in [0.5, 0.6) is 0 Å². The highest BCUT2D eigenvalue weighted by Crippen LogP contribution is 2.19. The van der Waals surface area contributed by atoms with Gasteiger partial charge < -0.3 is 4.74 Å². The summed E-state index contributed by atoms with van der Waals surface area (Å²) in [6.07, 6.45) is 1.85. The lowest BCUT2D eigenvalue weighted by Crippen LogP contribution is -2.40. The Morgan fingerprint density at radius 2 is 2.26 bits per heavy atom. The van der Waals surface area contributed by atoms with Crippen molar-refractivity contribution in [2.24, 2.45) is 5.92 Å². The Kier molecular flexibility index (Phi) is 4.97. The molecule has 0 saturated carbocycles. The van der Waals surface area contributed by atoms with Gasteiger partial charge in [0.2, 0.25) is 0 Å². The van der Waals surface area contributed by atoms with Gasteiger partial charge in [-0.15, -0.1) is 5.10 Å². The van der Waals surface area contributed by atoms with Crippen LogP contribution in [-0.4, -0.2) is 45.6 Å². The van der Waals surface area contributed by atoms with E-state index in [2.05, 4.69) is 15.2 Å². The predicted octanol–water partition coefficient (Wildman–Crippen LogP) is 2.39. The number of benzene rings is 1. The largest absolute Gasteiger partial charge is 0.466 e. The van der Waals surface area contributed by atoms with Gasteiger partial charge >= 0.3 is 5.97 Å². The molecular weight excluding hydrogens is 312 g/mol. The van der Waals surface area contributed by atoms with Crippen LogP contribution in [0.2, 0.25) is 0 Å². The van der Waals surface area contributed by atoms with Crippen molar-refractivity contribution in [3.05, 3.63) is 28.9 Å². The lowest BCUT2D eigenvalue weighted by molar-refractivity contribution is -0.150. The second kappa shape index (κ2) is 7.14. The minimum absolute atomic E-state index is 0.0636. The first kappa shape index (κ1) is 16.0. The summed E-state index contributed by atoms with van der Waals surface area (Å²) in [4.78, 5) is 14.1. The van der Waals surface area contributed by atoms with E-state index in [1.807, 2.05) is 31.2 Å². The molecule has 3 rings (SSSR count). The van der Waals surface area contributed by atoms with Crippen molar-refractivity contribution in [1.29, 1.82) is 0 Å². The second-order valence-electron chi connectivity index (χ2n) is 5.72. The Morgan fingerprint density at radius 3 is 3.09 bits per heavy atom. The van der Waals surface area contributed by atoms with Gasteiger partial charge in [-0.2, -0.15) is 0 Å². The van der Waals surface area contributed by atoms with Crippen LogP contribution in [-0.2, 0) is 16.2 Å². The van der Waals surface area contributed by atoms with Crippen LogP contribution in [0.15, 0.2) is 24.3 Å². The zero-order valence-electron chi connectivity index (χ0n) is 13.1. The molecule has 1 unspecified atom stereocenters. The number of ether oxygens (including phenoxy) is 1. The zero-order chi connectivity index (χ0) is 16.2. The fourth-order valence-electron chi connectivity index (χ4n) is 2.94. The monoisotopic (exact) mass is 332 g/mol. The highest BCUT2D eigenvalue weighted by Gasteiger charge is 2.27. The first-order chi connectivity index (χ1) is 11.2. The molecule has 122 valence electrons. The maximum absolute atomic E-state index is 11.9. The van der Waals surface area contributed by atoms with E-state index in [4.69, 9.17) is 17.0 Å². The Hall–Kier alpha value is -1.86. The zero-order valence-corrected chi connectivity index (χ0v) is 14.0. The molecule has 2 heterocycles. The number of likely N-dealkylation sites (tertiary alicyclic amines) is 1. The van der Waals surface area contributed by atoms with Crippen LogP contribution in [0, 0.1) is 10.6 Å². The van der Waals surface area contributed by atoms with Gasteiger partial charge in [0.05, 0.1) is 24.7 Å². The molecule has 2 aromatic rings. The Labute approximate surface area is 140 Å². The molecule has 23 heavy (non-hydrogen) atoms. The third-order valence-electron chi connectivity index (χ3n) is 4.09. The summed E-state index contributed by atoms with van der Waals surface area (Å²) in [5.74, 6) is -0.170. The lowest BCUT2D eigenvalue weighted by Gasteiger charge is -2.31. The second-order valence-corrected chi connectivity index (χ2v) is 6.11. The van der Waals surface area contributed by atoms with Crippen LogP contribution < -0.4 is 0 Å². The molecule has 1 aromatic heterocycles. The average Bonchev–Trinajstić information content (AvgIpc) is 2.58. The van der Waals surface area contributed by atoms with E-state index < -0.39 is 0 Å². The number of aromatic nitrogens is 3. The Balaban J connectivity index is 1.75. The fourth-order valence-corrected chi connectivity index (χ4v) is 3.21. The van der Waals surface area contributed by atoms with Gasteiger partial charge in [0.25, 0.3) is 0 Å². The van der Waals surface area contributed by atoms with Crippen molar-refractivity contribution in [2.75, 3.05) is 19.7 Å². The molecule has 1 aliphatic heterocycles. The Bertz CT molecular complexity index is 761. The van der Waals surface area contributed by atoms with E-state index in [0.717, 1.165) is 30.3 Å². The smallest absolute Gasteiger partial charge is 0.310 e. The first-order valence-electron chi connectivity index (χ1n) is 7.90. The number of hydrogen-bond acceptors (Lipinski definition) is 6. The normalized spacial score (nSPS) is 18.9. The molecule has 1 aromatic carbocycles. The van der Waals surface area contributed by atoms with Crippen molar-refractivity contribution >= 4 is 29.1 Å². The number of fused-ring (bicyclic) bond motifs is 1. The van der Waals surface area contributed by atoms with Crippen LogP contribution in [0.25, 0.3) is 10.9 Å². The van der Waals surface area contributed by atoms with Crippen LogP contribution in [0.4, 0.5) is 0 Å². The van der Waals surface area contributed by atoms with E-state index in [-0.39, 0.29) is 11.9 Å². The summed E-state index contributed by atoms with van der Waals surface area (Å²) in [6, 6.07) is 7.73. The molecule has 0 bridgehead atoms. The molecule has 0 spiro atoms. The van der Waals surface area contributed by atoms with E-state index in [9.17, 15) is 4.79 Å². The van der Waals surface area contributed by atoms with Crippen molar-refractivity contribution < 1.29 is 9.53 Å². The quantitative estimate of drug-likeness (QED) is 0.633. The standard InChI is InChI=1S/C16H20N4O2S/c1-2-22-16(21)12-6-5-9-19(10-12)11-20-15(23)13-7-3-4-8-14(13)17-18-20/h3-4,7-8,12H,2,5-6,9-11H2,1H3. The molecule has 0 N–H and O–H groups in total. The van der Waals surface area contributed by atoms with Gasteiger partial charge in [0.15, 0.2) is 0 Å². The summed E-state index contributed by atoms with van der Waals surface area (Å²) in [7, 11) is 0. The number of esters is 1. The van der Waals surface area contributed by atoms with E-state index in [1.165, 1.54) is 0 Å². The number of hydrogen-bond donors (Lipinski definition) is 0. The van der Waals surface area contributed by atoms with Crippen LogP contribution in [0.3, 0.4) is 0 Å². The van der Waals surface area contributed by atoms with Gasteiger partial charge in [-0.3, -0.25) is 9.69 Å². The van der Waals surface area contributed by atoms with Gasteiger partial charge in [-0.05, 0) is 38.4 Å². The molecule has 0 radical (unpaired) electrons. The number of carbonyl (C=O) groups is 1. The van der Waals surface area contributed by atoms with Crippen molar-refractivity contribution in [3.63, 3.8) is 0 Å². The van der Waals surface area contributed by atoms with Gasteiger partial charge in [-0.25, -0.2) is 4.68 Å². The van der Waals surface area contributed by atoms with E-state index >= 15 is 0 Å². The summed E-state index contributed by atoms with van der Waals surface area (Å²) in [5.41, 5.74) is 0.803. The highest BCUT2D eigenvalue weighted by molar-refractivity contribution is 7.71. The lowest BCUT2D eigenvalue weighted by atomic mass is 9.99.